The summed E-state index contributed by atoms with van der Waals surface area (Å²) in [4.78, 5) is 11.3. The van der Waals surface area contributed by atoms with Crippen LogP contribution in [0.1, 0.15) is 43.2 Å². The maximum Gasteiger partial charge on any atom is 0.219 e. The van der Waals surface area contributed by atoms with Crippen molar-refractivity contribution in [1.82, 2.24) is 9.88 Å². The molecular formula is C24H29N3O2. The van der Waals surface area contributed by atoms with Gasteiger partial charge in [0.25, 0.3) is 0 Å². The Morgan fingerprint density at radius 1 is 1.14 bits per heavy atom. The first-order valence-corrected chi connectivity index (χ1v) is 10.4. The number of primary amides is 1. The SMILES string of the molecule is COc1ccccc1C1(NCc2cn(CCC(N)=O)c3ccccc23)CCCC1. The van der Waals surface area contributed by atoms with Crippen LogP contribution < -0.4 is 15.8 Å². The number of hydrogen-bond donors (Lipinski definition) is 2. The van der Waals surface area contributed by atoms with Crippen molar-refractivity contribution < 1.29 is 9.53 Å². The lowest BCUT2D eigenvalue weighted by molar-refractivity contribution is -0.118. The third-order valence-electron chi connectivity index (χ3n) is 6.17. The van der Waals surface area contributed by atoms with E-state index in [1.807, 2.05) is 18.2 Å². The number of hydrogen-bond acceptors (Lipinski definition) is 3. The van der Waals surface area contributed by atoms with Crippen LogP contribution in [-0.4, -0.2) is 17.6 Å². The van der Waals surface area contributed by atoms with Gasteiger partial charge in [0.1, 0.15) is 5.75 Å². The molecule has 5 nitrogen and oxygen atoms in total. The van der Waals surface area contributed by atoms with E-state index in [1.54, 1.807) is 7.11 Å². The van der Waals surface area contributed by atoms with E-state index in [4.69, 9.17) is 10.5 Å². The Kier molecular flexibility index (Phi) is 5.58. The number of nitrogens with zero attached hydrogens (tertiary/aromatic N) is 1. The van der Waals surface area contributed by atoms with Crippen molar-refractivity contribution in [2.24, 2.45) is 5.73 Å². The summed E-state index contributed by atoms with van der Waals surface area (Å²) in [7, 11) is 1.74. The molecule has 1 aromatic heterocycles. The Morgan fingerprint density at radius 3 is 2.62 bits per heavy atom. The van der Waals surface area contributed by atoms with Crippen LogP contribution in [0.25, 0.3) is 10.9 Å². The van der Waals surface area contributed by atoms with Crippen LogP contribution in [0.4, 0.5) is 0 Å². The Morgan fingerprint density at radius 2 is 1.86 bits per heavy atom. The number of fused-ring (bicyclic) bond motifs is 1. The van der Waals surface area contributed by atoms with Crippen molar-refractivity contribution >= 4 is 16.8 Å². The summed E-state index contributed by atoms with van der Waals surface area (Å²) in [6.07, 6.45) is 7.14. The fourth-order valence-corrected chi connectivity index (χ4v) is 4.70. The van der Waals surface area contributed by atoms with Gasteiger partial charge in [-0.1, -0.05) is 49.2 Å². The fourth-order valence-electron chi connectivity index (χ4n) is 4.70. The standard InChI is InChI=1S/C24H29N3O2/c1-29-22-11-5-3-9-20(22)24(13-6-7-14-24)26-16-18-17-27(15-12-23(25)28)21-10-4-2-8-19(18)21/h2-5,8-11,17,26H,6-7,12-16H2,1H3,(H2,25,28). The summed E-state index contributed by atoms with van der Waals surface area (Å²) in [5.74, 6) is 0.675. The molecule has 0 saturated heterocycles. The zero-order valence-electron chi connectivity index (χ0n) is 17.0. The van der Waals surface area contributed by atoms with Gasteiger partial charge in [0.2, 0.25) is 5.91 Å². The number of aryl methyl sites for hydroxylation is 1. The molecule has 4 rings (SSSR count). The van der Waals surface area contributed by atoms with Crippen molar-refractivity contribution in [3.63, 3.8) is 0 Å². The Labute approximate surface area is 171 Å². The van der Waals surface area contributed by atoms with Crippen LogP contribution >= 0.6 is 0 Å². The summed E-state index contributed by atoms with van der Waals surface area (Å²) < 4.78 is 7.82. The highest BCUT2D eigenvalue weighted by Crippen LogP contribution is 2.43. The van der Waals surface area contributed by atoms with Gasteiger partial charge in [-0.25, -0.2) is 0 Å². The highest BCUT2D eigenvalue weighted by Gasteiger charge is 2.37. The molecule has 0 unspecified atom stereocenters. The fraction of sp³-hybridized carbons (Fsp3) is 0.375. The average Bonchev–Trinajstić information content (AvgIpc) is 3.36. The number of carbonyl (C=O) groups is 1. The van der Waals surface area contributed by atoms with Gasteiger partial charge in [-0.3, -0.25) is 4.79 Å². The van der Waals surface area contributed by atoms with Gasteiger partial charge in [-0.2, -0.15) is 0 Å². The minimum atomic E-state index is -0.275. The minimum absolute atomic E-state index is 0.0664. The van der Waals surface area contributed by atoms with E-state index in [1.165, 1.54) is 29.4 Å². The predicted molar refractivity (Wildman–Crippen MR) is 116 cm³/mol. The molecule has 2 aromatic carbocycles. The van der Waals surface area contributed by atoms with Crippen molar-refractivity contribution in [1.29, 1.82) is 0 Å². The monoisotopic (exact) mass is 391 g/mol. The van der Waals surface area contributed by atoms with Gasteiger partial charge in [-0.15, -0.1) is 0 Å². The normalized spacial score (nSPS) is 15.6. The molecule has 1 saturated carbocycles. The summed E-state index contributed by atoms with van der Waals surface area (Å²) in [5.41, 5.74) is 8.93. The maximum absolute atomic E-state index is 11.3. The molecule has 0 spiro atoms. The van der Waals surface area contributed by atoms with Gasteiger partial charge in [0.05, 0.1) is 7.11 Å². The first kappa shape index (κ1) is 19.5. The van der Waals surface area contributed by atoms with Crippen LogP contribution in [-0.2, 0) is 23.4 Å². The van der Waals surface area contributed by atoms with Gasteiger partial charge < -0.3 is 20.4 Å². The number of carbonyl (C=O) groups excluding carboxylic acids is 1. The quantitative estimate of drug-likeness (QED) is 0.608. The molecular weight excluding hydrogens is 362 g/mol. The predicted octanol–water partition coefficient (Wildman–Crippen LogP) is 4.08. The van der Waals surface area contributed by atoms with E-state index >= 15 is 0 Å². The van der Waals surface area contributed by atoms with Crippen molar-refractivity contribution in [3.05, 3.63) is 65.9 Å². The molecule has 1 aliphatic carbocycles. The molecule has 0 bridgehead atoms. The van der Waals surface area contributed by atoms with Gasteiger partial charge in [-0.05, 0) is 30.5 Å². The van der Waals surface area contributed by atoms with Crippen LogP contribution in [0, 0.1) is 0 Å². The number of amides is 1. The number of para-hydroxylation sites is 2. The molecule has 29 heavy (non-hydrogen) atoms. The summed E-state index contributed by atoms with van der Waals surface area (Å²) in [6.45, 7) is 1.37. The topological polar surface area (TPSA) is 69.3 Å². The van der Waals surface area contributed by atoms with Gasteiger partial charge >= 0.3 is 0 Å². The number of aromatic nitrogens is 1. The minimum Gasteiger partial charge on any atom is -0.496 e. The Bertz CT molecular complexity index is 1000. The zero-order valence-corrected chi connectivity index (χ0v) is 17.0. The number of ether oxygens (including phenoxy) is 1. The smallest absolute Gasteiger partial charge is 0.219 e. The molecule has 3 N–H and O–H groups in total. The molecule has 1 heterocycles. The van der Waals surface area contributed by atoms with Crippen LogP contribution in [0.15, 0.2) is 54.7 Å². The van der Waals surface area contributed by atoms with E-state index in [9.17, 15) is 4.79 Å². The highest BCUT2D eigenvalue weighted by atomic mass is 16.5. The Balaban J connectivity index is 1.63. The highest BCUT2D eigenvalue weighted by molar-refractivity contribution is 5.84. The van der Waals surface area contributed by atoms with E-state index in [2.05, 4.69) is 46.4 Å². The molecule has 1 fully saturated rings. The zero-order chi connectivity index (χ0) is 20.3. The number of nitrogens with one attached hydrogen (secondary N) is 1. The number of benzene rings is 2. The second-order valence-electron chi connectivity index (χ2n) is 7.92. The van der Waals surface area contributed by atoms with Gasteiger partial charge in [0, 0.05) is 47.7 Å². The van der Waals surface area contributed by atoms with E-state index in [-0.39, 0.29) is 11.4 Å². The largest absolute Gasteiger partial charge is 0.496 e. The molecule has 0 aliphatic heterocycles. The second-order valence-corrected chi connectivity index (χ2v) is 7.92. The lowest BCUT2D eigenvalue weighted by Crippen LogP contribution is -2.39. The molecule has 5 heteroatoms. The molecule has 1 aliphatic rings. The molecule has 0 atom stereocenters. The van der Waals surface area contributed by atoms with Gasteiger partial charge in [0.15, 0.2) is 0 Å². The third-order valence-corrected chi connectivity index (χ3v) is 6.17. The molecule has 0 radical (unpaired) electrons. The molecule has 152 valence electrons. The lowest BCUT2D eigenvalue weighted by Gasteiger charge is -2.32. The Hall–Kier alpha value is -2.79. The first-order valence-electron chi connectivity index (χ1n) is 10.4. The summed E-state index contributed by atoms with van der Waals surface area (Å²) in [6, 6.07) is 16.7. The second kappa shape index (κ2) is 8.29. The molecule has 3 aromatic rings. The number of nitrogens with two attached hydrogens (primary N) is 1. The van der Waals surface area contributed by atoms with Crippen LogP contribution in [0.3, 0.4) is 0 Å². The van der Waals surface area contributed by atoms with Crippen molar-refractivity contribution in [2.45, 2.75) is 50.7 Å². The summed E-state index contributed by atoms with van der Waals surface area (Å²) >= 11 is 0. The maximum atomic E-state index is 11.3. The van der Waals surface area contributed by atoms with E-state index < -0.39 is 0 Å². The lowest BCUT2D eigenvalue weighted by atomic mass is 9.87. The molecule has 1 amide bonds. The van der Waals surface area contributed by atoms with E-state index in [0.29, 0.717) is 13.0 Å². The van der Waals surface area contributed by atoms with Crippen molar-refractivity contribution in [2.75, 3.05) is 7.11 Å². The summed E-state index contributed by atoms with van der Waals surface area (Å²) in [5, 5.41) is 5.11. The van der Waals surface area contributed by atoms with Crippen LogP contribution in [0.5, 0.6) is 5.75 Å². The van der Waals surface area contributed by atoms with E-state index in [0.717, 1.165) is 30.7 Å². The number of rotatable bonds is 8. The third kappa shape index (κ3) is 3.87. The average molecular weight is 392 g/mol. The van der Waals surface area contributed by atoms with Crippen LogP contribution in [0.2, 0.25) is 0 Å². The van der Waals surface area contributed by atoms with Crippen molar-refractivity contribution in [3.8, 4) is 5.75 Å². The number of methoxy groups -OCH3 is 1. The first-order chi connectivity index (χ1) is 14.1.